The molecule has 0 aliphatic carbocycles. The standard InChI is InChI=1S/C23H20BrCl2NO3/c1-29-22-10-4-15(12-23(22)30-2)21(28)13-20(14-3-9-18(25)19(26)11-14)27-17-7-5-16(24)6-8-17/h3-12,20,27H,13H2,1-2H3. The predicted molar refractivity (Wildman–Crippen MR) is 125 cm³/mol. The third kappa shape index (κ3) is 5.48. The molecule has 0 amide bonds. The topological polar surface area (TPSA) is 47.6 Å². The molecule has 0 aliphatic rings. The lowest BCUT2D eigenvalue weighted by Gasteiger charge is -2.21. The Morgan fingerprint density at radius 3 is 2.27 bits per heavy atom. The molecule has 1 atom stereocenters. The lowest BCUT2D eigenvalue weighted by molar-refractivity contribution is 0.0976. The van der Waals surface area contributed by atoms with E-state index in [4.69, 9.17) is 32.7 Å². The van der Waals surface area contributed by atoms with Crippen molar-refractivity contribution in [2.45, 2.75) is 12.5 Å². The Hall–Kier alpha value is -2.21. The van der Waals surface area contributed by atoms with Crippen LogP contribution in [0.2, 0.25) is 10.0 Å². The van der Waals surface area contributed by atoms with E-state index in [9.17, 15) is 4.79 Å². The summed E-state index contributed by atoms with van der Waals surface area (Å²) in [5, 5.41) is 4.33. The van der Waals surface area contributed by atoms with E-state index in [-0.39, 0.29) is 18.2 Å². The van der Waals surface area contributed by atoms with Gasteiger partial charge in [-0.25, -0.2) is 0 Å². The number of carbonyl (C=O) groups is 1. The van der Waals surface area contributed by atoms with Crippen molar-refractivity contribution in [3.8, 4) is 11.5 Å². The Bertz CT molecular complexity index is 1040. The normalized spacial score (nSPS) is 11.6. The van der Waals surface area contributed by atoms with Gasteiger partial charge in [0.15, 0.2) is 17.3 Å². The fourth-order valence-corrected chi connectivity index (χ4v) is 3.61. The molecular weight excluding hydrogens is 489 g/mol. The molecule has 30 heavy (non-hydrogen) atoms. The summed E-state index contributed by atoms with van der Waals surface area (Å²) in [6.07, 6.45) is 0.212. The zero-order valence-corrected chi connectivity index (χ0v) is 19.5. The molecule has 0 radical (unpaired) electrons. The molecule has 7 heteroatoms. The lowest BCUT2D eigenvalue weighted by atomic mass is 9.97. The number of benzene rings is 3. The van der Waals surface area contributed by atoms with Crippen molar-refractivity contribution in [3.63, 3.8) is 0 Å². The van der Waals surface area contributed by atoms with E-state index in [1.165, 1.54) is 0 Å². The minimum atomic E-state index is -0.304. The molecule has 1 unspecified atom stereocenters. The van der Waals surface area contributed by atoms with Crippen molar-refractivity contribution in [2.24, 2.45) is 0 Å². The molecule has 0 spiro atoms. The highest BCUT2D eigenvalue weighted by molar-refractivity contribution is 9.10. The minimum Gasteiger partial charge on any atom is -0.493 e. The largest absolute Gasteiger partial charge is 0.493 e. The Morgan fingerprint density at radius 2 is 1.63 bits per heavy atom. The summed E-state index contributed by atoms with van der Waals surface area (Å²) >= 11 is 15.7. The molecule has 0 heterocycles. The molecule has 3 aromatic rings. The van der Waals surface area contributed by atoms with Crippen LogP contribution in [0.25, 0.3) is 0 Å². The quantitative estimate of drug-likeness (QED) is 0.327. The Labute approximate surface area is 194 Å². The van der Waals surface area contributed by atoms with Gasteiger partial charge in [0, 0.05) is 22.1 Å². The maximum atomic E-state index is 13.1. The molecule has 3 aromatic carbocycles. The average Bonchev–Trinajstić information content (AvgIpc) is 2.76. The summed E-state index contributed by atoms with van der Waals surface area (Å²) in [4.78, 5) is 13.1. The highest BCUT2D eigenvalue weighted by Gasteiger charge is 2.20. The summed E-state index contributed by atoms with van der Waals surface area (Å²) < 4.78 is 11.6. The van der Waals surface area contributed by atoms with Gasteiger partial charge in [-0.1, -0.05) is 45.2 Å². The third-order valence-corrected chi connectivity index (χ3v) is 5.89. The summed E-state index contributed by atoms with van der Waals surface area (Å²) in [5.41, 5.74) is 2.28. The van der Waals surface area contributed by atoms with Crippen LogP contribution >= 0.6 is 39.1 Å². The SMILES string of the molecule is COc1ccc(C(=O)CC(Nc2ccc(Br)cc2)c2ccc(Cl)c(Cl)c2)cc1OC. The van der Waals surface area contributed by atoms with Gasteiger partial charge in [0.05, 0.1) is 30.3 Å². The van der Waals surface area contributed by atoms with Gasteiger partial charge in [0.25, 0.3) is 0 Å². The van der Waals surface area contributed by atoms with Gasteiger partial charge in [0.1, 0.15) is 0 Å². The van der Waals surface area contributed by atoms with E-state index >= 15 is 0 Å². The fraction of sp³-hybridized carbons (Fsp3) is 0.174. The van der Waals surface area contributed by atoms with Crippen molar-refractivity contribution in [3.05, 3.63) is 86.3 Å². The number of ether oxygens (including phenoxy) is 2. The van der Waals surface area contributed by atoms with E-state index in [2.05, 4.69) is 21.2 Å². The van der Waals surface area contributed by atoms with Crippen LogP contribution in [0.4, 0.5) is 5.69 Å². The van der Waals surface area contributed by atoms with Gasteiger partial charge >= 0.3 is 0 Å². The number of methoxy groups -OCH3 is 2. The Morgan fingerprint density at radius 1 is 0.933 bits per heavy atom. The van der Waals surface area contributed by atoms with E-state index in [1.807, 2.05) is 30.3 Å². The molecule has 0 aromatic heterocycles. The van der Waals surface area contributed by atoms with Crippen molar-refractivity contribution >= 4 is 50.6 Å². The monoisotopic (exact) mass is 507 g/mol. The maximum absolute atomic E-state index is 13.1. The molecule has 0 saturated carbocycles. The van der Waals surface area contributed by atoms with Crippen LogP contribution in [0.5, 0.6) is 11.5 Å². The van der Waals surface area contributed by atoms with E-state index in [0.717, 1.165) is 15.7 Å². The number of carbonyl (C=O) groups excluding carboxylic acids is 1. The van der Waals surface area contributed by atoms with Crippen molar-refractivity contribution in [2.75, 3.05) is 19.5 Å². The smallest absolute Gasteiger partial charge is 0.165 e. The lowest BCUT2D eigenvalue weighted by Crippen LogP contribution is -2.16. The molecule has 0 fully saturated rings. The van der Waals surface area contributed by atoms with Crippen LogP contribution in [0.15, 0.2) is 65.1 Å². The maximum Gasteiger partial charge on any atom is 0.165 e. The fourth-order valence-electron chi connectivity index (χ4n) is 3.04. The second-order valence-corrected chi connectivity index (χ2v) is 8.30. The first-order valence-corrected chi connectivity index (χ1v) is 10.7. The molecule has 0 aliphatic heterocycles. The van der Waals surface area contributed by atoms with Crippen LogP contribution in [0, 0.1) is 0 Å². The second-order valence-electron chi connectivity index (χ2n) is 6.57. The molecule has 3 rings (SSSR count). The third-order valence-electron chi connectivity index (χ3n) is 4.63. The van der Waals surface area contributed by atoms with Gasteiger partial charge in [-0.05, 0) is 60.2 Å². The average molecular weight is 509 g/mol. The van der Waals surface area contributed by atoms with Gasteiger partial charge in [-0.3, -0.25) is 4.79 Å². The van der Waals surface area contributed by atoms with Crippen molar-refractivity contribution < 1.29 is 14.3 Å². The molecule has 1 N–H and O–H groups in total. The van der Waals surface area contributed by atoms with E-state index in [0.29, 0.717) is 27.1 Å². The number of halogens is 3. The first kappa shape index (κ1) is 22.5. The number of hydrogen-bond acceptors (Lipinski definition) is 4. The number of Topliss-reactive ketones (excluding diaryl/α,β-unsaturated/α-hetero) is 1. The van der Waals surface area contributed by atoms with Gasteiger partial charge in [-0.2, -0.15) is 0 Å². The summed E-state index contributed by atoms with van der Waals surface area (Å²) in [5.74, 6) is 1.04. The first-order valence-electron chi connectivity index (χ1n) is 9.13. The zero-order chi connectivity index (χ0) is 21.7. The number of rotatable bonds is 8. The molecule has 156 valence electrons. The van der Waals surface area contributed by atoms with E-state index < -0.39 is 0 Å². The van der Waals surface area contributed by atoms with Crippen molar-refractivity contribution in [1.82, 2.24) is 0 Å². The molecule has 0 saturated heterocycles. The zero-order valence-electron chi connectivity index (χ0n) is 16.4. The van der Waals surface area contributed by atoms with Crippen LogP contribution in [0.1, 0.15) is 28.4 Å². The molecular formula is C23H20BrCl2NO3. The molecule has 0 bridgehead atoms. The van der Waals surface area contributed by atoms with Crippen LogP contribution in [-0.4, -0.2) is 20.0 Å². The summed E-state index contributed by atoms with van der Waals surface area (Å²) in [6.45, 7) is 0. The Balaban J connectivity index is 1.90. The van der Waals surface area contributed by atoms with Crippen LogP contribution in [0.3, 0.4) is 0 Å². The predicted octanol–water partition coefficient (Wildman–Crippen LogP) is 7.20. The van der Waals surface area contributed by atoms with E-state index in [1.54, 1.807) is 44.6 Å². The highest BCUT2D eigenvalue weighted by atomic mass is 79.9. The summed E-state index contributed by atoms with van der Waals surface area (Å²) in [7, 11) is 3.10. The van der Waals surface area contributed by atoms with Gasteiger partial charge < -0.3 is 14.8 Å². The Kier molecular flexibility index (Phi) is 7.64. The molecule has 4 nitrogen and oxygen atoms in total. The number of hydrogen-bond donors (Lipinski definition) is 1. The second kappa shape index (κ2) is 10.2. The van der Waals surface area contributed by atoms with Gasteiger partial charge in [-0.15, -0.1) is 0 Å². The highest BCUT2D eigenvalue weighted by Crippen LogP contribution is 2.32. The number of anilines is 1. The van der Waals surface area contributed by atoms with Crippen LogP contribution < -0.4 is 14.8 Å². The minimum absolute atomic E-state index is 0.0448. The first-order chi connectivity index (χ1) is 14.4. The van der Waals surface area contributed by atoms with Crippen LogP contribution in [-0.2, 0) is 0 Å². The summed E-state index contributed by atoms with van der Waals surface area (Å²) in [6, 6.07) is 18.0. The van der Waals surface area contributed by atoms with Crippen molar-refractivity contribution in [1.29, 1.82) is 0 Å². The van der Waals surface area contributed by atoms with Gasteiger partial charge in [0.2, 0.25) is 0 Å². The number of ketones is 1. The number of nitrogens with one attached hydrogen (secondary N) is 1.